The van der Waals surface area contributed by atoms with Gasteiger partial charge in [0.1, 0.15) is 0 Å². The van der Waals surface area contributed by atoms with Gasteiger partial charge in [-0.15, -0.1) is 0 Å². The third kappa shape index (κ3) is 3.81. The van der Waals surface area contributed by atoms with Crippen LogP contribution < -0.4 is 0 Å². The van der Waals surface area contributed by atoms with E-state index in [1.807, 2.05) is 28.8 Å². The lowest BCUT2D eigenvalue weighted by Gasteiger charge is -2.19. The molecule has 1 aromatic heterocycles. The summed E-state index contributed by atoms with van der Waals surface area (Å²) in [5.74, 6) is 0. The molecule has 0 saturated heterocycles. The molecule has 0 spiro atoms. The van der Waals surface area contributed by atoms with Crippen molar-refractivity contribution in [3.63, 3.8) is 0 Å². The van der Waals surface area contributed by atoms with Crippen molar-refractivity contribution < 1.29 is 13.2 Å². The zero-order valence-electron chi connectivity index (χ0n) is 10.4. The maximum atomic E-state index is 12.9. The minimum absolute atomic E-state index is 0.283. The molecule has 1 aromatic carbocycles. The molecule has 0 N–H and O–H groups in total. The summed E-state index contributed by atoms with van der Waals surface area (Å²) in [6.07, 6.45) is -4.29. The molecule has 0 aliphatic heterocycles. The van der Waals surface area contributed by atoms with E-state index in [2.05, 4.69) is 0 Å². The van der Waals surface area contributed by atoms with Crippen molar-refractivity contribution in [1.29, 1.82) is 0 Å². The molecule has 1 nitrogen and oxygen atoms in total. The Hall–Kier alpha value is -1.33. The first-order chi connectivity index (χ1) is 8.97. The van der Waals surface area contributed by atoms with E-state index in [1.54, 1.807) is 17.4 Å². The lowest BCUT2D eigenvalue weighted by Crippen LogP contribution is -2.20. The topological polar surface area (TPSA) is 3.24 Å². The van der Waals surface area contributed by atoms with E-state index in [1.165, 1.54) is 12.1 Å². The molecule has 0 aliphatic rings. The number of halogens is 3. The minimum atomic E-state index is -4.29. The van der Waals surface area contributed by atoms with Gasteiger partial charge < -0.3 is 0 Å². The average molecular weight is 285 g/mol. The van der Waals surface area contributed by atoms with Crippen molar-refractivity contribution >= 4 is 11.3 Å². The maximum absolute atomic E-state index is 12.9. The average Bonchev–Trinajstić information content (AvgIpc) is 2.81. The first-order valence-electron chi connectivity index (χ1n) is 5.81. The van der Waals surface area contributed by atoms with E-state index in [0.29, 0.717) is 12.1 Å². The van der Waals surface area contributed by atoms with Gasteiger partial charge in [-0.2, -0.15) is 24.5 Å². The number of nitrogens with zero attached hydrogens (tertiary/aromatic N) is 1. The molecule has 102 valence electrons. The molecule has 0 saturated carbocycles. The van der Waals surface area contributed by atoms with E-state index in [4.69, 9.17) is 0 Å². The van der Waals surface area contributed by atoms with Gasteiger partial charge in [0.15, 0.2) is 0 Å². The Morgan fingerprint density at radius 1 is 1.11 bits per heavy atom. The summed E-state index contributed by atoms with van der Waals surface area (Å²) in [7, 11) is 1.82. The highest BCUT2D eigenvalue weighted by atomic mass is 32.1. The molecule has 0 unspecified atom stereocenters. The number of thiophene rings is 1. The van der Waals surface area contributed by atoms with Crippen molar-refractivity contribution in [1.82, 2.24) is 4.90 Å². The van der Waals surface area contributed by atoms with Crippen molar-refractivity contribution in [3.05, 3.63) is 57.8 Å². The smallest absolute Gasteiger partial charge is 0.298 e. The summed E-state index contributed by atoms with van der Waals surface area (Å²) in [5, 5.41) is 3.97. The van der Waals surface area contributed by atoms with Gasteiger partial charge in [0.2, 0.25) is 0 Å². The van der Waals surface area contributed by atoms with Gasteiger partial charge in [0.25, 0.3) is 0 Å². The lowest BCUT2D eigenvalue weighted by molar-refractivity contribution is -0.138. The second kappa shape index (κ2) is 5.75. The molecular formula is C14H14F3NS. The standard InChI is InChI=1S/C14H14F3NS/c1-18(8-11-6-7-19-10-11)9-12-4-2-3-5-13(12)14(15,16)17/h2-7,10H,8-9H2,1H3. The first-order valence-corrected chi connectivity index (χ1v) is 6.76. The van der Waals surface area contributed by atoms with Crippen molar-refractivity contribution in [2.45, 2.75) is 19.3 Å². The van der Waals surface area contributed by atoms with E-state index >= 15 is 0 Å². The zero-order valence-corrected chi connectivity index (χ0v) is 11.3. The highest BCUT2D eigenvalue weighted by molar-refractivity contribution is 7.07. The number of benzene rings is 1. The largest absolute Gasteiger partial charge is 0.416 e. The van der Waals surface area contributed by atoms with E-state index in [0.717, 1.165) is 11.6 Å². The second-order valence-corrected chi connectivity index (χ2v) is 5.24. The van der Waals surface area contributed by atoms with Crippen molar-refractivity contribution in [2.24, 2.45) is 0 Å². The number of alkyl halides is 3. The van der Waals surface area contributed by atoms with Crippen LogP contribution in [0.25, 0.3) is 0 Å². The quantitative estimate of drug-likeness (QED) is 0.805. The Kier molecular flexibility index (Phi) is 4.27. The first kappa shape index (κ1) is 14.1. The normalized spacial score (nSPS) is 12.1. The highest BCUT2D eigenvalue weighted by Gasteiger charge is 2.32. The fraction of sp³-hybridized carbons (Fsp3) is 0.286. The summed E-state index contributed by atoms with van der Waals surface area (Å²) >= 11 is 1.59. The van der Waals surface area contributed by atoms with Gasteiger partial charge >= 0.3 is 6.18 Å². The number of hydrogen-bond donors (Lipinski definition) is 0. The van der Waals surface area contributed by atoms with Crippen LogP contribution >= 0.6 is 11.3 Å². The van der Waals surface area contributed by atoms with Gasteiger partial charge in [-0.3, -0.25) is 4.90 Å². The van der Waals surface area contributed by atoms with Crippen LogP contribution in [0.3, 0.4) is 0 Å². The predicted octanol–water partition coefficient (Wildman–Crippen LogP) is 4.40. The van der Waals surface area contributed by atoms with Gasteiger partial charge in [-0.05, 0) is 41.1 Å². The molecule has 0 fully saturated rings. The van der Waals surface area contributed by atoms with Gasteiger partial charge in [0.05, 0.1) is 5.56 Å². The molecule has 0 amide bonds. The zero-order chi connectivity index (χ0) is 13.9. The van der Waals surface area contributed by atoms with Crippen LogP contribution in [0.15, 0.2) is 41.1 Å². The lowest BCUT2D eigenvalue weighted by atomic mass is 10.1. The van der Waals surface area contributed by atoms with E-state index < -0.39 is 11.7 Å². The fourth-order valence-corrected chi connectivity index (χ4v) is 2.64. The monoisotopic (exact) mass is 285 g/mol. The summed E-state index contributed by atoms with van der Waals surface area (Å²) in [5.41, 5.74) is 0.886. The second-order valence-electron chi connectivity index (χ2n) is 4.46. The Bertz CT molecular complexity index is 520. The molecule has 5 heteroatoms. The molecule has 0 radical (unpaired) electrons. The van der Waals surface area contributed by atoms with Crippen molar-refractivity contribution in [3.8, 4) is 0 Å². The minimum Gasteiger partial charge on any atom is -0.298 e. The number of hydrogen-bond acceptors (Lipinski definition) is 2. The van der Waals surface area contributed by atoms with E-state index in [9.17, 15) is 13.2 Å². The molecule has 0 atom stereocenters. The molecule has 1 heterocycles. The number of rotatable bonds is 4. The van der Waals surface area contributed by atoms with Crippen LogP contribution in [-0.4, -0.2) is 11.9 Å². The Labute approximate surface area is 114 Å². The summed E-state index contributed by atoms with van der Waals surface area (Å²) in [6.45, 7) is 0.932. The van der Waals surface area contributed by atoms with Crippen LogP contribution in [0.2, 0.25) is 0 Å². The van der Waals surface area contributed by atoms with Crippen LogP contribution in [0.4, 0.5) is 13.2 Å². The fourth-order valence-electron chi connectivity index (χ4n) is 1.98. The summed E-state index contributed by atoms with van der Waals surface area (Å²) in [6, 6.07) is 7.71. The van der Waals surface area contributed by atoms with Crippen LogP contribution in [0.1, 0.15) is 16.7 Å². The molecular weight excluding hydrogens is 271 g/mol. The summed E-state index contributed by atoms with van der Waals surface area (Å²) in [4.78, 5) is 1.88. The molecule has 2 rings (SSSR count). The molecule has 0 bridgehead atoms. The van der Waals surface area contributed by atoms with Gasteiger partial charge in [0, 0.05) is 13.1 Å². The van der Waals surface area contributed by atoms with Crippen LogP contribution in [-0.2, 0) is 19.3 Å². The molecule has 19 heavy (non-hydrogen) atoms. The molecule has 0 aliphatic carbocycles. The summed E-state index contributed by atoms with van der Waals surface area (Å²) < 4.78 is 38.6. The van der Waals surface area contributed by atoms with E-state index in [-0.39, 0.29) is 6.54 Å². The Balaban J connectivity index is 2.10. The predicted molar refractivity (Wildman–Crippen MR) is 70.9 cm³/mol. The maximum Gasteiger partial charge on any atom is 0.416 e. The third-order valence-electron chi connectivity index (χ3n) is 2.80. The Morgan fingerprint density at radius 2 is 1.84 bits per heavy atom. The van der Waals surface area contributed by atoms with Gasteiger partial charge in [-0.25, -0.2) is 0 Å². The van der Waals surface area contributed by atoms with Crippen LogP contribution in [0, 0.1) is 0 Å². The molecule has 2 aromatic rings. The van der Waals surface area contributed by atoms with Gasteiger partial charge in [-0.1, -0.05) is 18.2 Å². The SMILES string of the molecule is CN(Cc1ccsc1)Cc1ccccc1C(F)(F)F. The highest BCUT2D eigenvalue weighted by Crippen LogP contribution is 2.32. The van der Waals surface area contributed by atoms with Crippen LogP contribution in [0.5, 0.6) is 0 Å². The third-order valence-corrected chi connectivity index (χ3v) is 3.53. The Morgan fingerprint density at radius 3 is 2.47 bits per heavy atom. The van der Waals surface area contributed by atoms with Crippen molar-refractivity contribution in [2.75, 3.05) is 7.05 Å².